The Kier molecular flexibility index (Phi) is 5.13. The average Bonchev–Trinajstić information content (AvgIpc) is 3.32. The van der Waals surface area contributed by atoms with Crippen molar-refractivity contribution < 1.29 is 13.7 Å². The molecule has 2 aromatic heterocycles. The second-order valence-corrected chi connectivity index (χ2v) is 8.98. The number of carbonyl (C=O) groups excluding carboxylic acids is 1. The van der Waals surface area contributed by atoms with Crippen molar-refractivity contribution in [3.63, 3.8) is 0 Å². The molecule has 0 spiro atoms. The van der Waals surface area contributed by atoms with Gasteiger partial charge in [-0.2, -0.15) is 0 Å². The van der Waals surface area contributed by atoms with Crippen LogP contribution in [0.3, 0.4) is 0 Å². The van der Waals surface area contributed by atoms with Crippen LogP contribution in [0, 0.1) is 12.7 Å². The van der Waals surface area contributed by atoms with E-state index in [1.165, 1.54) is 41.3 Å². The van der Waals surface area contributed by atoms with Gasteiger partial charge in [0.1, 0.15) is 11.5 Å². The molecule has 3 N–H and O–H groups in total. The number of amides is 1. The minimum absolute atomic E-state index is 0.110. The smallest absolute Gasteiger partial charge is 0.277 e. The number of nitrogens with two attached hydrogens (primary N) is 1. The fourth-order valence-corrected chi connectivity index (χ4v) is 4.65. The van der Waals surface area contributed by atoms with E-state index in [0.29, 0.717) is 34.3 Å². The molecule has 150 valence electrons. The summed E-state index contributed by atoms with van der Waals surface area (Å²) in [6.07, 6.45) is 0.645. The first kappa shape index (κ1) is 19.6. The first-order valence-electron chi connectivity index (χ1n) is 8.83. The molecule has 0 aliphatic carbocycles. The first-order valence-corrected chi connectivity index (χ1v) is 10.7. The predicted molar refractivity (Wildman–Crippen MR) is 113 cm³/mol. The predicted octanol–water partition coefficient (Wildman–Crippen LogP) is 4.16. The largest absolute Gasteiger partial charge is 0.379 e. The van der Waals surface area contributed by atoms with Crippen LogP contribution in [0.2, 0.25) is 0 Å². The van der Waals surface area contributed by atoms with Gasteiger partial charge in [0.05, 0.1) is 10.5 Å². The zero-order valence-electron chi connectivity index (χ0n) is 15.7. The highest BCUT2D eigenvalue weighted by Gasteiger charge is 2.32. The number of anilines is 1. The van der Waals surface area contributed by atoms with Crippen LogP contribution >= 0.6 is 23.1 Å². The summed E-state index contributed by atoms with van der Waals surface area (Å²) in [5.41, 5.74) is 6.63. The number of halogens is 1. The molecule has 29 heavy (non-hydrogen) atoms. The van der Waals surface area contributed by atoms with E-state index < -0.39 is 17.3 Å². The summed E-state index contributed by atoms with van der Waals surface area (Å²) in [5, 5.41) is 9.70. The van der Waals surface area contributed by atoms with Gasteiger partial charge in [-0.3, -0.25) is 9.79 Å². The standard InChI is InChI=1S/C19H18FN5O2S2/c1-10-22-15(9-29-10)16-8-14(25-27-16)17(26)23-11-3-4-13(20)12(7-11)19(2)5-6-28-18(21)24-19/h3-4,7-9H,5-6H2,1-2H3,(H2,21,24)(H,23,26). The molecule has 7 nitrogen and oxygen atoms in total. The summed E-state index contributed by atoms with van der Waals surface area (Å²) >= 11 is 2.93. The molecule has 10 heteroatoms. The molecule has 0 fully saturated rings. The molecular weight excluding hydrogens is 413 g/mol. The van der Waals surface area contributed by atoms with Crippen LogP contribution in [0.1, 0.15) is 34.4 Å². The van der Waals surface area contributed by atoms with Gasteiger partial charge in [-0.25, -0.2) is 9.37 Å². The quantitative estimate of drug-likeness (QED) is 0.642. The molecular formula is C19H18FN5O2S2. The Morgan fingerprint density at radius 2 is 2.21 bits per heavy atom. The third kappa shape index (κ3) is 4.03. The van der Waals surface area contributed by atoms with Gasteiger partial charge in [0, 0.05) is 28.5 Å². The molecule has 1 aliphatic heterocycles. The van der Waals surface area contributed by atoms with Crippen molar-refractivity contribution in [2.75, 3.05) is 11.1 Å². The Labute approximate surface area is 174 Å². The van der Waals surface area contributed by atoms with Crippen molar-refractivity contribution in [2.45, 2.75) is 25.8 Å². The Morgan fingerprint density at radius 1 is 1.38 bits per heavy atom. The second-order valence-electron chi connectivity index (χ2n) is 6.80. The van der Waals surface area contributed by atoms with Crippen molar-refractivity contribution in [3.8, 4) is 11.5 Å². The van der Waals surface area contributed by atoms with Gasteiger partial charge in [0.25, 0.3) is 5.91 Å². The lowest BCUT2D eigenvalue weighted by molar-refractivity contribution is 0.101. The number of nitrogens with one attached hydrogen (secondary N) is 1. The monoisotopic (exact) mass is 431 g/mol. The number of benzene rings is 1. The van der Waals surface area contributed by atoms with Crippen molar-refractivity contribution in [3.05, 3.63) is 51.7 Å². The maximum atomic E-state index is 14.5. The summed E-state index contributed by atoms with van der Waals surface area (Å²) in [4.78, 5) is 21.3. The molecule has 1 aliphatic rings. The van der Waals surface area contributed by atoms with Gasteiger partial charge in [-0.15, -0.1) is 11.3 Å². The minimum Gasteiger partial charge on any atom is -0.379 e. The van der Waals surface area contributed by atoms with E-state index >= 15 is 0 Å². The summed E-state index contributed by atoms with van der Waals surface area (Å²) in [6.45, 7) is 3.72. The number of aryl methyl sites for hydroxylation is 1. The molecule has 1 unspecified atom stereocenters. The highest BCUT2D eigenvalue weighted by atomic mass is 32.2. The van der Waals surface area contributed by atoms with Gasteiger partial charge in [0.15, 0.2) is 16.6 Å². The van der Waals surface area contributed by atoms with Crippen LogP contribution in [0.15, 0.2) is 39.2 Å². The summed E-state index contributed by atoms with van der Waals surface area (Å²) < 4.78 is 19.7. The van der Waals surface area contributed by atoms with E-state index in [-0.39, 0.29) is 5.69 Å². The summed E-state index contributed by atoms with van der Waals surface area (Å²) in [5.74, 6) is 0.310. The topological polar surface area (TPSA) is 106 Å². The molecule has 0 bridgehead atoms. The van der Waals surface area contributed by atoms with E-state index in [4.69, 9.17) is 10.3 Å². The van der Waals surface area contributed by atoms with Gasteiger partial charge < -0.3 is 15.6 Å². The van der Waals surface area contributed by atoms with E-state index in [0.717, 1.165) is 10.8 Å². The van der Waals surface area contributed by atoms with Crippen LogP contribution < -0.4 is 11.1 Å². The van der Waals surface area contributed by atoms with Crippen LogP contribution in [-0.2, 0) is 5.54 Å². The number of nitrogens with zero attached hydrogens (tertiary/aromatic N) is 3. The SMILES string of the molecule is Cc1nc(-c2cc(C(=O)Nc3ccc(F)c(C4(C)CCSC(N)=N4)c3)no2)cs1. The van der Waals surface area contributed by atoms with Crippen molar-refractivity contribution in [2.24, 2.45) is 10.7 Å². The zero-order valence-corrected chi connectivity index (χ0v) is 17.4. The van der Waals surface area contributed by atoms with Crippen LogP contribution in [0.4, 0.5) is 10.1 Å². The molecule has 1 atom stereocenters. The molecule has 0 saturated carbocycles. The number of carbonyl (C=O) groups is 1. The molecule has 3 aromatic rings. The molecule has 0 saturated heterocycles. The van der Waals surface area contributed by atoms with Crippen molar-refractivity contribution in [1.82, 2.24) is 10.1 Å². The fourth-order valence-electron chi connectivity index (χ4n) is 3.07. The molecule has 1 aromatic carbocycles. The van der Waals surface area contributed by atoms with E-state index in [9.17, 15) is 9.18 Å². The van der Waals surface area contributed by atoms with E-state index in [1.54, 1.807) is 6.07 Å². The number of hydrogen-bond acceptors (Lipinski definition) is 8. The Bertz CT molecular complexity index is 1110. The number of amidine groups is 1. The Morgan fingerprint density at radius 3 is 2.93 bits per heavy atom. The summed E-state index contributed by atoms with van der Waals surface area (Å²) in [6, 6.07) is 5.93. The Hall–Kier alpha value is -2.72. The average molecular weight is 432 g/mol. The molecule has 0 radical (unpaired) electrons. The number of thiazole rings is 1. The number of aromatic nitrogens is 2. The second kappa shape index (κ2) is 7.60. The molecule has 1 amide bonds. The first-order chi connectivity index (χ1) is 13.8. The van der Waals surface area contributed by atoms with Crippen molar-refractivity contribution in [1.29, 1.82) is 0 Å². The Balaban J connectivity index is 1.56. The lowest BCUT2D eigenvalue weighted by Crippen LogP contribution is -2.29. The van der Waals surface area contributed by atoms with Crippen molar-refractivity contribution >= 4 is 39.9 Å². The number of aliphatic imine (C=N–C) groups is 1. The maximum absolute atomic E-state index is 14.5. The van der Waals surface area contributed by atoms with Gasteiger partial charge in [-0.05, 0) is 38.5 Å². The number of rotatable bonds is 4. The summed E-state index contributed by atoms with van der Waals surface area (Å²) in [7, 11) is 0. The third-order valence-corrected chi connectivity index (χ3v) is 6.18. The van der Waals surface area contributed by atoms with Gasteiger partial charge in [-0.1, -0.05) is 16.9 Å². The lowest BCUT2D eigenvalue weighted by Gasteiger charge is -2.30. The van der Waals surface area contributed by atoms with E-state index in [1.807, 2.05) is 19.2 Å². The van der Waals surface area contributed by atoms with Crippen LogP contribution in [-0.4, -0.2) is 27.0 Å². The molecule has 4 rings (SSSR count). The van der Waals surface area contributed by atoms with Crippen LogP contribution in [0.25, 0.3) is 11.5 Å². The van der Waals surface area contributed by atoms with Gasteiger partial charge in [0.2, 0.25) is 0 Å². The van der Waals surface area contributed by atoms with Crippen LogP contribution in [0.5, 0.6) is 0 Å². The fraction of sp³-hybridized carbons (Fsp3) is 0.263. The third-order valence-electron chi connectivity index (χ3n) is 4.61. The highest BCUT2D eigenvalue weighted by Crippen LogP contribution is 2.37. The maximum Gasteiger partial charge on any atom is 0.277 e. The number of thioether (sulfide) groups is 1. The zero-order chi connectivity index (χ0) is 20.6. The van der Waals surface area contributed by atoms with Gasteiger partial charge >= 0.3 is 0 Å². The molecule has 3 heterocycles. The minimum atomic E-state index is -0.774. The normalized spacial score (nSPS) is 19.1. The highest BCUT2D eigenvalue weighted by molar-refractivity contribution is 8.13. The number of hydrogen-bond donors (Lipinski definition) is 2. The van der Waals surface area contributed by atoms with E-state index in [2.05, 4.69) is 20.4 Å². The lowest BCUT2D eigenvalue weighted by atomic mass is 9.89.